The molecule has 4 aromatic carbocycles. The lowest BCUT2D eigenvalue weighted by Gasteiger charge is -2.07. The van der Waals surface area contributed by atoms with Gasteiger partial charge in [-0.2, -0.15) is 5.10 Å². The second-order valence-corrected chi connectivity index (χ2v) is 7.98. The van der Waals surface area contributed by atoms with E-state index in [1.807, 2.05) is 31.2 Å². The van der Waals surface area contributed by atoms with Gasteiger partial charge in [-0.1, -0.05) is 72.3 Å². The number of para-hydroxylation sites is 1. The number of fused-ring (bicyclic) bond motifs is 2. The number of carbonyl (C=O) groups is 1. The molecule has 0 atom stereocenters. The van der Waals surface area contributed by atoms with Crippen LogP contribution < -0.4 is 5.43 Å². The largest absolute Gasteiger partial charge is 0.342 e. The van der Waals surface area contributed by atoms with Crippen LogP contribution in [-0.2, 0) is 6.54 Å². The van der Waals surface area contributed by atoms with Gasteiger partial charge in [-0.25, -0.2) is 5.43 Å². The van der Waals surface area contributed by atoms with Crippen molar-refractivity contribution in [3.05, 3.63) is 119 Å². The lowest BCUT2D eigenvalue weighted by molar-refractivity contribution is 0.0955. The van der Waals surface area contributed by atoms with Crippen molar-refractivity contribution in [1.29, 1.82) is 0 Å². The van der Waals surface area contributed by atoms with Gasteiger partial charge in [0.15, 0.2) is 0 Å². The van der Waals surface area contributed by atoms with Crippen LogP contribution in [0, 0.1) is 6.92 Å². The Labute approximate surface area is 186 Å². The van der Waals surface area contributed by atoms with E-state index in [2.05, 4.69) is 75.9 Å². The molecule has 0 saturated carbocycles. The van der Waals surface area contributed by atoms with E-state index in [1.165, 1.54) is 16.3 Å². The molecule has 4 heteroatoms. The molecule has 0 spiro atoms. The summed E-state index contributed by atoms with van der Waals surface area (Å²) in [7, 11) is 0. The Morgan fingerprint density at radius 3 is 2.50 bits per heavy atom. The van der Waals surface area contributed by atoms with Crippen LogP contribution in [0.2, 0.25) is 0 Å². The molecule has 0 aliphatic rings. The normalized spacial score (nSPS) is 11.4. The third kappa shape index (κ3) is 4.03. The van der Waals surface area contributed by atoms with E-state index in [0.717, 1.165) is 28.6 Å². The molecule has 0 aliphatic heterocycles. The van der Waals surface area contributed by atoms with Crippen LogP contribution in [0.5, 0.6) is 0 Å². The van der Waals surface area contributed by atoms with Gasteiger partial charge in [-0.15, -0.1) is 0 Å². The van der Waals surface area contributed by atoms with Crippen molar-refractivity contribution in [3.8, 4) is 0 Å². The van der Waals surface area contributed by atoms with E-state index in [9.17, 15) is 4.79 Å². The molecule has 156 valence electrons. The Balaban J connectivity index is 1.40. The molecule has 0 aliphatic carbocycles. The number of nitrogens with one attached hydrogen (secondary N) is 1. The minimum Gasteiger partial charge on any atom is -0.342 e. The van der Waals surface area contributed by atoms with Crippen LogP contribution in [-0.4, -0.2) is 16.7 Å². The number of amides is 1. The van der Waals surface area contributed by atoms with Crippen molar-refractivity contribution in [1.82, 2.24) is 9.99 Å². The van der Waals surface area contributed by atoms with E-state index in [4.69, 9.17) is 0 Å². The van der Waals surface area contributed by atoms with E-state index in [1.54, 1.807) is 18.3 Å². The number of hydrogen-bond acceptors (Lipinski definition) is 2. The second-order valence-electron chi connectivity index (χ2n) is 7.98. The zero-order valence-electron chi connectivity index (χ0n) is 17.8. The summed E-state index contributed by atoms with van der Waals surface area (Å²) in [4.78, 5) is 12.3. The SMILES string of the molecule is Cc1ccc(C(=O)N/N=C/c2cn(Cc3ccc4ccccc4c3)c3ccccc23)cc1. The number of benzene rings is 4. The number of hydrogen-bond donors (Lipinski definition) is 1. The first-order chi connectivity index (χ1) is 15.7. The Morgan fingerprint density at radius 1 is 0.906 bits per heavy atom. The highest BCUT2D eigenvalue weighted by atomic mass is 16.2. The Hall–Kier alpha value is -4.18. The molecule has 5 aromatic rings. The summed E-state index contributed by atoms with van der Waals surface area (Å²) < 4.78 is 2.22. The maximum absolute atomic E-state index is 12.3. The summed E-state index contributed by atoms with van der Waals surface area (Å²) >= 11 is 0. The lowest BCUT2D eigenvalue weighted by atomic mass is 10.1. The number of nitrogens with zero attached hydrogens (tertiary/aromatic N) is 2. The van der Waals surface area contributed by atoms with E-state index < -0.39 is 0 Å². The molecular formula is C28H23N3O. The van der Waals surface area contributed by atoms with Crippen molar-refractivity contribution < 1.29 is 4.79 Å². The number of aryl methyl sites for hydroxylation is 1. The topological polar surface area (TPSA) is 46.4 Å². The van der Waals surface area contributed by atoms with E-state index in [0.29, 0.717) is 5.56 Å². The zero-order chi connectivity index (χ0) is 21.9. The average molecular weight is 418 g/mol. The van der Waals surface area contributed by atoms with E-state index >= 15 is 0 Å². The van der Waals surface area contributed by atoms with E-state index in [-0.39, 0.29) is 5.91 Å². The van der Waals surface area contributed by atoms with Gasteiger partial charge in [-0.3, -0.25) is 4.79 Å². The molecule has 32 heavy (non-hydrogen) atoms. The predicted octanol–water partition coefficient (Wildman–Crippen LogP) is 5.92. The van der Waals surface area contributed by atoms with Crippen LogP contribution in [0.15, 0.2) is 102 Å². The molecule has 0 radical (unpaired) electrons. The first-order valence-electron chi connectivity index (χ1n) is 10.6. The smallest absolute Gasteiger partial charge is 0.271 e. The van der Waals surface area contributed by atoms with Crippen molar-refractivity contribution >= 4 is 33.8 Å². The number of rotatable bonds is 5. The first-order valence-corrected chi connectivity index (χ1v) is 10.6. The highest BCUT2D eigenvalue weighted by Crippen LogP contribution is 2.23. The monoisotopic (exact) mass is 417 g/mol. The predicted molar refractivity (Wildman–Crippen MR) is 131 cm³/mol. The first kappa shape index (κ1) is 19.8. The third-order valence-corrected chi connectivity index (χ3v) is 5.67. The number of carbonyl (C=O) groups excluding carboxylic acids is 1. The van der Waals surface area contributed by atoms with Crippen LogP contribution in [0.25, 0.3) is 21.7 Å². The highest BCUT2D eigenvalue weighted by molar-refractivity contribution is 6.00. The van der Waals surface area contributed by atoms with Crippen molar-refractivity contribution in [3.63, 3.8) is 0 Å². The van der Waals surface area contributed by atoms with Gasteiger partial charge in [0.05, 0.1) is 6.21 Å². The van der Waals surface area contributed by atoms with Crippen molar-refractivity contribution in [2.24, 2.45) is 5.10 Å². The van der Waals surface area contributed by atoms with Crippen molar-refractivity contribution in [2.75, 3.05) is 0 Å². The third-order valence-electron chi connectivity index (χ3n) is 5.67. The molecule has 4 nitrogen and oxygen atoms in total. The van der Waals surface area contributed by atoms with Crippen LogP contribution in [0.3, 0.4) is 0 Å². The summed E-state index contributed by atoms with van der Waals surface area (Å²) in [5.74, 6) is -0.221. The van der Waals surface area contributed by atoms with Gasteiger partial charge in [0.25, 0.3) is 5.91 Å². The molecule has 1 amide bonds. The Kier molecular flexibility index (Phi) is 5.26. The lowest BCUT2D eigenvalue weighted by Crippen LogP contribution is -2.17. The van der Waals surface area contributed by atoms with Crippen LogP contribution in [0.1, 0.15) is 27.0 Å². The molecule has 0 fully saturated rings. The summed E-state index contributed by atoms with van der Waals surface area (Å²) in [6.45, 7) is 2.75. The molecule has 1 heterocycles. The summed E-state index contributed by atoms with van der Waals surface area (Å²) in [5.41, 5.74) is 7.67. The van der Waals surface area contributed by atoms with Gasteiger partial charge in [0.1, 0.15) is 0 Å². The summed E-state index contributed by atoms with van der Waals surface area (Å²) in [5, 5.41) is 7.79. The maximum atomic E-state index is 12.3. The Bertz CT molecular complexity index is 1450. The van der Waals surface area contributed by atoms with Gasteiger partial charge < -0.3 is 4.57 Å². The molecular weight excluding hydrogens is 394 g/mol. The van der Waals surface area contributed by atoms with Gasteiger partial charge >= 0.3 is 0 Å². The molecule has 0 saturated heterocycles. The number of aromatic nitrogens is 1. The standard InChI is InChI=1S/C28H23N3O/c1-20-10-13-23(14-11-20)28(32)30-29-17-25-19-31(27-9-5-4-8-26(25)27)18-21-12-15-22-6-2-3-7-24(22)16-21/h2-17,19H,18H2,1H3,(H,30,32)/b29-17+. The minimum absolute atomic E-state index is 0.221. The summed E-state index contributed by atoms with van der Waals surface area (Å²) in [6.07, 6.45) is 3.80. The maximum Gasteiger partial charge on any atom is 0.271 e. The zero-order valence-corrected chi connectivity index (χ0v) is 17.8. The fraction of sp³-hybridized carbons (Fsp3) is 0.0714. The Morgan fingerprint density at radius 2 is 1.66 bits per heavy atom. The molecule has 0 unspecified atom stereocenters. The number of hydrazone groups is 1. The molecule has 1 N–H and O–H groups in total. The van der Waals surface area contributed by atoms with Crippen LogP contribution >= 0.6 is 0 Å². The quantitative estimate of drug-likeness (QED) is 0.280. The fourth-order valence-corrected chi connectivity index (χ4v) is 3.97. The van der Waals surface area contributed by atoms with Crippen molar-refractivity contribution in [2.45, 2.75) is 13.5 Å². The fourth-order valence-electron chi connectivity index (χ4n) is 3.97. The molecule has 1 aromatic heterocycles. The average Bonchev–Trinajstić information content (AvgIpc) is 3.17. The molecule has 0 bridgehead atoms. The summed E-state index contributed by atoms with van der Waals surface area (Å²) in [6, 6.07) is 30.7. The highest BCUT2D eigenvalue weighted by Gasteiger charge is 2.08. The second kappa shape index (κ2) is 8.52. The van der Waals surface area contributed by atoms with Gasteiger partial charge in [0.2, 0.25) is 0 Å². The van der Waals surface area contributed by atoms with Gasteiger partial charge in [0, 0.05) is 34.8 Å². The minimum atomic E-state index is -0.221. The van der Waals surface area contributed by atoms with Gasteiger partial charge in [-0.05, 0) is 47.5 Å². The van der Waals surface area contributed by atoms with Crippen LogP contribution in [0.4, 0.5) is 0 Å². The molecule has 5 rings (SSSR count).